The van der Waals surface area contributed by atoms with Crippen LogP contribution in [0.15, 0.2) is 59.5 Å². The molecule has 0 aliphatic rings. The summed E-state index contributed by atoms with van der Waals surface area (Å²) in [5.41, 5.74) is 2.02. The Labute approximate surface area is 113 Å². The van der Waals surface area contributed by atoms with Crippen LogP contribution in [-0.2, 0) is 6.61 Å². The summed E-state index contributed by atoms with van der Waals surface area (Å²) in [6.07, 6.45) is 5.62. The Balaban J connectivity index is 1.84. The molecule has 0 spiro atoms. The van der Waals surface area contributed by atoms with Gasteiger partial charge in [-0.1, -0.05) is 30.3 Å². The minimum absolute atomic E-state index is 0.552. The van der Waals surface area contributed by atoms with Gasteiger partial charge in [0.15, 0.2) is 0 Å². The van der Waals surface area contributed by atoms with E-state index in [0.29, 0.717) is 6.61 Å². The highest BCUT2D eigenvalue weighted by Gasteiger charge is 2.05. The number of benzene rings is 1. The van der Waals surface area contributed by atoms with Crippen LogP contribution in [0.4, 0.5) is 0 Å². The van der Waals surface area contributed by atoms with Crippen LogP contribution in [0, 0.1) is 0 Å². The van der Waals surface area contributed by atoms with Crippen molar-refractivity contribution in [2.75, 3.05) is 0 Å². The molecule has 90 valence electrons. The highest BCUT2D eigenvalue weighted by molar-refractivity contribution is 9.10. The smallest absolute Gasteiger partial charge is 0.140 e. The molecule has 0 atom stereocenters. The van der Waals surface area contributed by atoms with Gasteiger partial charge in [-0.3, -0.25) is 0 Å². The number of imidazole rings is 1. The highest BCUT2D eigenvalue weighted by Crippen LogP contribution is 2.26. The zero-order chi connectivity index (χ0) is 12.4. The molecule has 1 aromatic carbocycles. The predicted molar refractivity (Wildman–Crippen MR) is 73.7 cm³/mol. The second kappa shape index (κ2) is 4.82. The van der Waals surface area contributed by atoms with Gasteiger partial charge < -0.3 is 9.14 Å². The Kier molecular flexibility index (Phi) is 3.02. The van der Waals surface area contributed by atoms with E-state index in [1.54, 1.807) is 6.20 Å². The second-order valence-electron chi connectivity index (χ2n) is 3.95. The van der Waals surface area contributed by atoms with Crippen molar-refractivity contribution in [1.82, 2.24) is 9.38 Å². The fraction of sp³-hybridized carbons (Fsp3) is 0.0714. The van der Waals surface area contributed by atoms with Crippen LogP contribution in [0.25, 0.3) is 5.65 Å². The van der Waals surface area contributed by atoms with Gasteiger partial charge in [-0.05, 0) is 21.5 Å². The minimum atomic E-state index is 0.552. The number of nitrogens with zero attached hydrogens (tertiary/aromatic N) is 2. The van der Waals surface area contributed by atoms with Crippen molar-refractivity contribution < 1.29 is 4.74 Å². The molecule has 0 amide bonds. The van der Waals surface area contributed by atoms with Crippen molar-refractivity contribution in [1.29, 1.82) is 0 Å². The van der Waals surface area contributed by atoms with Crippen molar-refractivity contribution in [2.24, 2.45) is 0 Å². The first-order valence-corrected chi connectivity index (χ1v) is 6.41. The Morgan fingerprint density at radius 1 is 1.22 bits per heavy atom. The van der Waals surface area contributed by atoms with E-state index < -0.39 is 0 Å². The quantitative estimate of drug-likeness (QED) is 0.738. The lowest BCUT2D eigenvalue weighted by Gasteiger charge is -2.08. The maximum Gasteiger partial charge on any atom is 0.140 e. The van der Waals surface area contributed by atoms with Crippen molar-refractivity contribution in [2.45, 2.75) is 6.61 Å². The second-order valence-corrected chi connectivity index (χ2v) is 4.81. The van der Waals surface area contributed by atoms with Crippen molar-refractivity contribution >= 4 is 21.6 Å². The molecule has 3 nitrogen and oxygen atoms in total. The lowest BCUT2D eigenvalue weighted by molar-refractivity contribution is 0.304. The summed E-state index contributed by atoms with van der Waals surface area (Å²) < 4.78 is 8.66. The van der Waals surface area contributed by atoms with Crippen LogP contribution >= 0.6 is 15.9 Å². The van der Waals surface area contributed by atoms with E-state index in [2.05, 4.69) is 20.9 Å². The lowest BCUT2D eigenvalue weighted by Crippen LogP contribution is -1.97. The molecule has 0 radical (unpaired) electrons. The number of hydrogen-bond donors (Lipinski definition) is 0. The lowest BCUT2D eigenvalue weighted by atomic mass is 10.2. The van der Waals surface area contributed by atoms with Gasteiger partial charge in [-0.15, -0.1) is 0 Å². The summed E-state index contributed by atoms with van der Waals surface area (Å²) in [5, 5.41) is 0. The van der Waals surface area contributed by atoms with E-state index in [0.717, 1.165) is 21.4 Å². The summed E-state index contributed by atoms with van der Waals surface area (Å²) in [4.78, 5) is 4.24. The topological polar surface area (TPSA) is 26.5 Å². The van der Waals surface area contributed by atoms with E-state index in [1.807, 2.05) is 53.2 Å². The molecule has 0 fully saturated rings. The molecule has 0 bridgehead atoms. The fourth-order valence-corrected chi connectivity index (χ4v) is 2.21. The first-order chi connectivity index (χ1) is 8.83. The van der Waals surface area contributed by atoms with Gasteiger partial charge in [0.05, 0.1) is 4.47 Å². The predicted octanol–water partition coefficient (Wildman–Crippen LogP) is 3.68. The highest BCUT2D eigenvalue weighted by atomic mass is 79.9. The van der Waals surface area contributed by atoms with Gasteiger partial charge in [-0.2, -0.15) is 0 Å². The summed E-state index contributed by atoms with van der Waals surface area (Å²) in [6.45, 7) is 0.552. The van der Waals surface area contributed by atoms with Crippen LogP contribution < -0.4 is 4.74 Å². The number of pyridine rings is 1. The largest absolute Gasteiger partial charge is 0.488 e. The zero-order valence-electron chi connectivity index (χ0n) is 9.58. The monoisotopic (exact) mass is 302 g/mol. The van der Waals surface area contributed by atoms with E-state index in [-0.39, 0.29) is 0 Å². The van der Waals surface area contributed by atoms with Crippen molar-refractivity contribution in [3.05, 3.63) is 65.0 Å². The average molecular weight is 303 g/mol. The number of aromatic nitrogens is 2. The first-order valence-electron chi connectivity index (χ1n) is 5.62. The molecule has 0 N–H and O–H groups in total. The van der Waals surface area contributed by atoms with Gasteiger partial charge in [0.2, 0.25) is 0 Å². The number of ether oxygens (including phenoxy) is 1. The summed E-state index contributed by atoms with van der Waals surface area (Å²) >= 11 is 3.50. The fourth-order valence-electron chi connectivity index (χ4n) is 1.76. The van der Waals surface area contributed by atoms with Crippen molar-refractivity contribution in [3.8, 4) is 5.75 Å². The van der Waals surface area contributed by atoms with Gasteiger partial charge in [0.1, 0.15) is 18.0 Å². The molecule has 0 aliphatic carbocycles. The molecule has 2 heterocycles. The molecule has 0 unspecified atom stereocenters. The minimum Gasteiger partial charge on any atom is -0.488 e. The van der Waals surface area contributed by atoms with E-state index in [9.17, 15) is 0 Å². The van der Waals surface area contributed by atoms with Gasteiger partial charge in [0, 0.05) is 24.7 Å². The molecule has 3 rings (SSSR count). The number of hydrogen-bond acceptors (Lipinski definition) is 2. The van der Waals surface area contributed by atoms with Crippen LogP contribution in [-0.4, -0.2) is 9.38 Å². The van der Waals surface area contributed by atoms with E-state index in [4.69, 9.17) is 4.74 Å². The molecule has 0 aliphatic heterocycles. The maximum absolute atomic E-state index is 5.80. The zero-order valence-corrected chi connectivity index (χ0v) is 11.2. The molecule has 18 heavy (non-hydrogen) atoms. The summed E-state index contributed by atoms with van der Waals surface area (Å²) in [7, 11) is 0. The first kappa shape index (κ1) is 11.3. The Bertz CT molecular complexity index is 664. The van der Waals surface area contributed by atoms with Crippen LogP contribution in [0.1, 0.15) is 5.56 Å². The van der Waals surface area contributed by atoms with Crippen LogP contribution in [0.3, 0.4) is 0 Å². The van der Waals surface area contributed by atoms with Crippen molar-refractivity contribution in [3.63, 3.8) is 0 Å². The van der Waals surface area contributed by atoms with E-state index in [1.165, 1.54) is 0 Å². The van der Waals surface area contributed by atoms with Gasteiger partial charge >= 0.3 is 0 Å². The Morgan fingerprint density at radius 2 is 2.06 bits per heavy atom. The third-order valence-electron chi connectivity index (χ3n) is 2.68. The summed E-state index contributed by atoms with van der Waals surface area (Å²) in [6, 6.07) is 12.0. The average Bonchev–Trinajstić information content (AvgIpc) is 2.84. The number of rotatable bonds is 3. The molecular weight excluding hydrogens is 292 g/mol. The molecular formula is C14H11BrN2O. The summed E-state index contributed by atoms with van der Waals surface area (Å²) in [5.74, 6) is 0.803. The standard InChI is InChI=1S/C14H11BrN2O/c15-12-9-17-7-6-16-14(17)8-13(12)18-10-11-4-2-1-3-5-11/h1-9H,10H2. The molecule has 3 aromatic rings. The van der Waals surface area contributed by atoms with Gasteiger partial charge in [0.25, 0.3) is 0 Å². The molecule has 0 saturated heterocycles. The maximum atomic E-state index is 5.80. The number of halogens is 1. The Morgan fingerprint density at radius 3 is 2.89 bits per heavy atom. The van der Waals surface area contributed by atoms with Crippen LogP contribution in [0.5, 0.6) is 5.75 Å². The molecule has 4 heteroatoms. The van der Waals surface area contributed by atoms with E-state index >= 15 is 0 Å². The molecule has 0 saturated carbocycles. The van der Waals surface area contributed by atoms with Gasteiger partial charge in [-0.25, -0.2) is 4.98 Å². The third kappa shape index (κ3) is 2.24. The Hall–Kier alpha value is -1.81. The normalized spacial score (nSPS) is 10.7. The van der Waals surface area contributed by atoms with Crippen LogP contribution in [0.2, 0.25) is 0 Å². The number of fused-ring (bicyclic) bond motifs is 1. The molecule has 2 aromatic heterocycles. The third-order valence-corrected chi connectivity index (χ3v) is 3.28. The SMILES string of the molecule is Brc1cn2ccnc2cc1OCc1ccccc1.